The first kappa shape index (κ1) is 17.9. The molecule has 3 rings (SSSR count). The van der Waals surface area contributed by atoms with Gasteiger partial charge in [-0.25, -0.2) is 0 Å². The predicted molar refractivity (Wildman–Crippen MR) is 103 cm³/mol. The fourth-order valence-corrected chi connectivity index (χ4v) is 3.02. The Bertz CT molecular complexity index is 857. The lowest BCUT2D eigenvalue weighted by atomic mass is 10.0. The number of rotatable bonds is 8. The molecule has 5 nitrogen and oxygen atoms in total. The average Bonchev–Trinajstić information content (AvgIpc) is 3.07. The average molecular weight is 348 g/mol. The van der Waals surface area contributed by atoms with Gasteiger partial charge in [0, 0.05) is 26.3 Å². The van der Waals surface area contributed by atoms with Crippen molar-refractivity contribution < 1.29 is 4.79 Å². The van der Waals surface area contributed by atoms with Gasteiger partial charge in [0.15, 0.2) is 0 Å². The molecule has 1 unspecified atom stereocenters. The number of nitrogens with zero attached hydrogens (tertiary/aromatic N) is 2. The number of carbonyl (C=O) groups is 1. The van der Waals surface area contributed by atoms with Gasteiger partial charge >= 0.3 is 0 Å². The maximum Gasteiger partial charge on any atom is 0.222 e. The molecule has 2 aromatic carbocycles. The zero-order valence-electron chi connectivity index (χ0n) is 14.9. The second kappa shape index (κ2) is 8.45. The number of hydrogen-bond acceptors (Lipinski definition) is 3. The highest BCUT2D eigenvalue weighted by atomic mass is 16.1. The van der Waals surface area contributed by atoms with E-state index in [1.165, 1.54) is 16.7 Å². The van der Waals surface area contributed by atoms with Crippen LogP contribution in [-0.4, -0.2) is 22.2 Å². The maximum absolute atomic E-state index is 11.7. The van der Waals surface area contributed by atoms with E-state index in [0.717, 1.165) is 5.56 Å². The van der Waals surface area contributed by atoms with Crippen LogP contribution >= 0.6 is 0 Å². The van der Waals surface area contributed by atoms with Crippen LogP contribution in [0, 0.1) is 5.92 Å². The van der Waals surface area contributed by atoms with Crippen molar-refractivity contribution in [2.75, 3.05) is 6.54 Å². The largest absolute Gasteiger partial charge is 0.369 e. The number of nitrogens with two attached hydrogens (primary N) is 1. The summed E-state index contributed by atoms with van der Waals surface area (Å²) in [4.78, 5) is 11.7. The van der Waals surface area contributed by atoms with Crippen LogP contribution in [0.15, 0.2) is 67.0 Å². The molecule has 0 bridgehead atoms. The summed E-state index contributed by atoms with van der Waals surface area (Å²) in [7, 11) is 1.86. The smallest absolute Gasteiger partial charge is 0.222 e. The molecule has 0 saturated heterocycles. The van der Waals surface area contributed by atoms with Crippen molar-refractivity contribution in [2.24, 2.45) is 18.7 Å². The Morgan fingerprint density at radius 1 is 1.12 bits per heavy atom. The number of aryl methyl sites for hydroxylation is 1. The molecule has 0 aliphatic carbocycles. The van der Waals surface area contributed by atoms with Crippen LogP contribution in [0.25, 0.3) is 11.1 Å². The molecule has 1 atom stereocenters. The summed E-state index contributed by atoms with van der Waals surface area (Å²) in [5.41, 5.74) is 10.1. The van der Waals surface area contributed by atoms with E-state index in [9.17, 15) is 4.79 Å². The van der Waals surface area contributed by atoms with E-state index in [2.05, 4.69) is 46.8 Å². The monoisotopic (exact) mass is 348 g/mol. The van der Waals surface area contributed by atoms with Gasteiger partial charge in [0.2, 0.25) is 5.91 Å². The standard InChI is InChI=1S/C21H24N4O/c1-25-15-17(13-24-25)11-20(21(22)26)14-23-12-16-6-5-9-19(10-16)18-7-3-2-4-8-18/h2-10,13,15,20,23H,11-12,14H2,1H3,(H2,22,26). The quantitative estimate of drug-likeness (QED) is 0.657. The first-order valence-corrected chi connectivity index (χ1v) is 8.74. The van der Waals surface area contributed by atoms with E-state index in [4.69, 9.17) is 5.73 Å². The van der Waals surface area contributed by atoms with Crippen LogP contribution in [0.2, 0.25) is 0 Å². The molecule has 0 saturated carbocycles. The minimum absolute atomic E-state index is 0.253. The number of nitrogens with one attached hydrogen (secondary N) is 1. The van der Waals surface area contributed by atoms with E-state index >= 15 is 0 Å². The molecule has 3 N–H and O–H groups in total. The zero-order chi connectivity index (χ0) is 18.4. The molecular formula is C21H24N4O. The van der Waals surface area contributed by atoms with Crippen LogP contribution in [0.4, 0.5) is 0 Å². The highest BCUT2D eigenvalue weighted by Crippen LogP contribution is 2.20. The number of hydrogen-bond donors (Lipinski definition) is 2. The van der Waals surface area contributed by atoms with Gasteiger partial charge in [-0.1, -0.05) is 48.5 Å². The molecule has 3 aromatic rings. The Morgan fingerprint density at radius 2 is 1.88 bits per heavy atom. The summed E-state index contributed by atoms with van der Waals surface area (Å²) in [5.74, 6) is -0.545. The third kappa shape index (κ3) is 4.80. The van der Waals surface area contributed by atoms with Crippen LogP contribution in [0.1, 0.15) is 11.1 Å². The van der Waals surface area contributed by atoms with Gasteiger partial charge < -0.3 is 11.1 Å². The Kier molecular flexibility index (Phi) is 5.81. The molecule has 0 radical (unpaired) electrons. The number of amides is 1. The van der Waals surface area contributed by atoms with Gasteiger partial charge in [0.1, 0.15) is 0 Å². The molecular weight excluding hydrogens is 324 g/mol. The lowest BCUT2D eigenvalue weighted by molar-refractivity contribution is -0.121. The lowest BCUT2D eigenvalue weighted by Gasteiger charge is -2.14. The lowest BCUT2D eigenvalue weighted by Crippen LogP contribution is -2.34. The van der Waals surface area contributed by atoms with Gasteiger partial charge in [-0.2, -0.15) is 5.10 Å². The van der Waals surface area contributed by atoms with Crippen molar-refractivity contribution in [3.05, 3.63) is 78.1 Å². The van der Waals surface area contributed by atoms with Crippen LogP contribution in [0.5, 0.6) is 0 Å². The molecule has 0 aliphatic rings. The molecule has 5 heteroatoms. The molecule has 1 aromatic heterocycles. The van der Waals surface area contributed by atoms with Crippen molar-refractivity contribution in [1.82, 2.24) is 15.1 Å². The SMILES string of the molecule is Cn1cc(CC(CNCc2cccc(-c3ccccc3)c2)C(N)=O)cn1. The molecule has 1 heterocycles. The molecule has 0 fully saturated rings. The van der Waals surface area contributed by atoms with Gasteiger partial charge in [0.05, 0.1) is 12.1 Å². The highest BCUT2D eigenvalue weighted by Gasteiger charge is 2.16. The van der Waals surface area contributed by atoms with E-state index < -0.39 is 0 Å². The van der Waals surface area contributed by atoms with Crippen molar-refractivity contribution in [1.29, 1.82) is 0 Å². The third-order valence-corrected chi connectivity index (χ3v) is 4.40. The number of carbonyl (C=O) groups excluding carboxylic acids is 1. The Hall–Kier alpha value is -2.92. The summed E-state index contributed by atoms with van der Waals surface area (Å²) in [6.45, 7) is 1.23. The Labute approximate surface area is 153 Å². The van der Waals surface area contributed by atoms with Crippen LogP contribution in [0.3, 0.4) is 0 Å². The summed E-state index contributed by atoms with van der Waals surface area (Å²) in [6, 6.07) is 18.7. The molecule has 1 amide bonds. The van der Waals surface area contributed by atoms with Crippen LogP contribution < -0.4 is 11.1 Å². The fourth-order valence-electron chi connectivity index (χ4n) is 3.02. The fraction of sp³-hybridized carbons (Fsp3) is 0.238. The first-order valence-electron chi connectivity index (χ1n) is 8.74. The highest BCUT2D eigenvalue weighted by molar-refractivity contribution is 5.77. The molecule has 134 valence electrons. The second-order valence-electron chi connectivity index (χ2n) is 6.52. The predicted octanol–water partition coefficient (Wildman–Crippen LogP) is 2.52. The van der Waals surface area contributed by atoms with Gasteiger partial charge in [-0.3, -0.25) is 9.48 Å². The minimum Gasteiger partial charge on any atom is -0.369 e. The first-order chi connectivity index (χ1) is 12.6. The van der Waals surface area contributed by atoms with Crippen LogP contribution in [-0.2, 0) is 24.8 Å². The Morgan fingerprint density at radius 3 is 2.58 bits per heavy atom. The van der Waals surface area contributed by atoms with Crippen molar-refractivity contribution in [2.45, 2.75) is 13.0 Å². The minimum atomic E-state index is -0.292. The third-order valence-electron chi connectivity index (χ3n) is 4.40. The van der Waals surface area contributed by atoms with Gasteiger partial charge in [0.25, 0.3) is 0 Å². The summed E-state index contributed by atoms with van der Waals surface area (Å²) >= 11 is 0. The maximum atomic E-state index is 11.7. The van der Waals surface area contributed by atoms with E-state index in [0.29, 0.717) is 19.5 Å². The number of primary amides is 1. The number of aromatic nitrogens is 2. The second-order valence-corrected chi connectivity index (χ2v) is 6.52. The summed E-state index contributed by atoms with van der Waals surface area (Å²) < 4.78 is 1.73. The Balaban J connectivity index is 1.58. The van der Waals surface area contributed by atoms with E-state index in [-0.39, 0.29) is 11.8 Å². The van der Waals surface area contributed by atoms with Crippen molar-refractivity contribution >= 4 is 5.91 Å². The molecule has 0 spiro atoms. The summed E-state index contributed by atoms with van der Waals surface area (Å²) in [6.07, 6.45) is 4.29. The zero-order valence-corrected chi connectivity index (χ0v) is 14.9. The van der Waals surface area contributed by atoms with Gasteiger partial charge in [-0.15, -0.1) is 0 Å². The van der Waals surface area contributed by atoms with E-state index in [1.54, 1.807) is 10.9 Å². The van der Waals surface area contributed by atoms with Crippen molar-refractivity contribution in [3.63, 3.8) is 0 Å². The molecule has 0 aliphatic heterocycles. The topological polar surface area (TPSA) is 72.9 Å². The van der Waals surface area contributed by atoms with E-state index in [1.807, 2.05) is 31.4 Å². The van der Waals surface area contributed by atoms with Gasteiger partial charge in [-0.05, 0) is 34.7 Å². The molecule has 26 heavy (non-hydrogen) atoms. The number of benzene rings is 2. The normalized spacial score (nSPS) is 12.0. The van der Waals surface area contributed by atoms with Crippen molar-refractivity contribution in [3.8, 4) is 11.1 Å². The summed E-state index contributed by atoms with van der Waals surface area (Å²) in [5, 5.41) is 7.50.